The highest BCUT2D eigenvalue weighted by Gasteiger charge is 2.39. The summed E-state index contributed by atoms with van der Waals surface area (Å²) in [6, 6.07) is -16.3. The lowest BCUT2D eigenvalue weighted by Gasteiger charge is -2.33. The number of fused-ring (bicyclic) bond motifs is 7. The quantitative estimate of drug-likeness (QED) is 0.201. The number of aromatic nitrogens is 1. The molecule has 0 aliphatic carbocycles. The number of para-hydroxylation sites is 3. The van der Waals surface area contributed by atoms with E-state index in [0.29, 0.717) is 0 Å². The lowest BCUT2D eigenvalue weighted by molar-refractivity contribution is 0.487. The molecule has 40 heavy (non-hydrogen) atoms. The zero-order valence-electron chi connectivity index (χ0n) is 41.8. The van der Waals surface area contributed by atoms with E-state index in [1.54, 1.807) is 0 Å². The minimum Gasteiger partial charge on any atom is -0.458 e. The lowest BCUT2D eigenvalue weighted by atomic mass is 9.57. The van der Waals surface area contributed by atoms with Crippen molar-refractivity contribution in [2.45, 2.75) is 4.90 Å². The molecule has 0 radical (unpaired) electrons. The molecule has 0 N–H and O–H groups in total. The van der Waals surface area contributed by atoms with Gasteiger partial charge in [0.1, 0.15) is 11.5 Å². The van der Waals surface area contributed by atoms with Crippen LogP contribution in [0, 0.1) is 0 Å². The van der Waals surface area contributed by atoms with Crippen molar-refractivity contribution in [3.05, 3.63) is 133 Å². The Bertz CT molecular complexity index is 3240. The summed E-state index contributed by atoms with van der Waals surface area (Å²) in [5.41, 5.74) is -3.70. The molecule has 4 heteroatoms. The van der Waals surface area contributed by atoms with E-state index in [1.165, 1.54) is 0 Å². The average Bonchev–Trinajstić information content (AvgIpc) is 3.60. The Morgan fingerprint density at radius 1 is 0.600 bits per heavy atom. The van der Waals surface area contributed by atoms with Gasteiger partial charge in [-0.15, -0.1) is 0 Å². The Labute approximate surface area is 267 Å². The minimum absolute atomic E-state index is 0.119. The van der Waals surface area contributed by atoms with E-state index in [0.717, 1.165) is 16.2 Å². The first-order valence-electron chi connectivity index (χ1n) is 22.8. The van der Waals surface area contributed by atoms with E-state index in [1.807, 2.05) is 0 Å². The van der Waals surface area contributed by atoms with Gasteiger partial charge in [-0.1, -0.05) is 96.7 Å². The molecule has 186 valence electrons. The Balaban J connectivity index is 1.53. The average molecular weight is 550 g/mol. The predicted molar refractivity (Wildman–Crippen MR) is 169 cm³/mol. The van der Waals surface area contributed by atoms with Gasteiger partial charge < -0.3 is 9.30 Å². The number of hydrogen-bond donors (Lipinski definition) is 0. The second kappa shape index (κ2) is 8.42. The van der Waals surface area contributed by atoms with Gasteiger partial charge in [-0.3, -0.25) is 0 Å². The summed E-state index contributed by atoms with van der Waals surface area (Å²) < 4.78 is 201. The molecule has 6 aromatic carbocycles. The van der Waals surface area contributed by atoms with Crippen LogP contribution < -0.4 is 15.7 Å². The monoisotopic (exact) mass is 549 g/mol. The van der Waals surface area contributed by atoms with Crippen LogP contribution in [0.2, 0.25) is 0 Å². The fraction of sp³-hybridized carbons (Fsp3) is 0. The Morgan fingerprint density at radius 3 is 2.10 bits per heavy atom. The van der Waals surface area contributed by atoms with Crippen molar-refractivity contribution in [3.63, 3.8) is 0 Å². The molecule has 0 amide bonds. The van der Waals surface area contributed by atoms with Gasteiger partial charge in [-0.25, -0.2) is 0 Å². The highest BCUT2D eigenvalue weighted by Crippen LogP contribution is 2.46. The van der Waals surface area contributed by atoms with E-state index in [9.17, 15) is 6.85 Å². The first-order valence-corrected chi connectivity index (χ1v) is 12.7. The topological polar surface area (TPSA) is 14.2 Å². The maximum atomic E-state index is 9.93. The second-order valence-corrected chi connectivity index (χ2v) is 9.91. The summed E-state index contributed by atoms with van der Waals surface area (Å²) in [6.45, 7) is 0. The van der Waals surface area contributed by atoms with Gasteiger partial charge in [-0.05, 0) is 63.4 Å². The number of rotatable bonds is 2. The molecule has 2 aliphatic rings. The molecule has 0 unspecified atom stereocenters. The van der Waals surface area contributed by atoms with Crippen LogP contribution >= 0.6 is 11.6 Å². The molecule has 0 saturated heterocycles. The van der Waals surface area contributed by atoms with E-state index < -0.39 is 178 Å². The molecule has 9 rings (SSSR count). The lowest BCUT2D eigenvalue weighted by Crippen LogP contribution is -2.46. The molecule has 0 saturated carbocycles. The summed E-state index contributed by atoms with van der Waals surface area (Å²) in [7, 11) is 0. The van der Waals surface area contributed by atoms with Crippen molar-refractivity contribution < 1.29 is 34.9 Å². The van der Waals surface area contributed by atoms with Gasteiger partial charge >= 0.3 is 0 Å². The van der Waals surface area contributed by atoms with Crippen LogP contribution in [0.3, 0.4) is 0 Å². The van der Waals surface area contributed by atoms with E-state index >= 15 is 0 Å². The van der Waals surface area contributed by atoms with Crippen LogP contribution in [0.15, 0.2) is 138 Å². The highest BCUT2D eigenvalue weighted by atomic mass is 32.2. The maximum Gasteiger partial charge on any atom is 0.289 e. The molecule has 0 atom stereocenters. The van der Waals surface area contributed by atoms with Crippen molar-refractivity contribution in [1.29, 1.82) is 0 Å². The highest BCUT2D eigenvalue weighted by molar-refractivity contribution is 8.28. The van der Waals surface area contributed by atoms with Crippen LogP contribution in [-0.2, 0) is 0 Å². The third kappa shape index (κ3) is 3.14. The van der Waals surface area contributed by atoms with Gasteiger partial charge in [-0.2, -0.15) is 11.6 Å². The zero-order chi connectivity index (χ0) is 45.4. The largest absolute Gasteiger partial charge is 0.458 e. The van der Waals surface area contributed by atoms with E-state index in [4.69, 9.17) is 28.0 Å². The SMILES string of the molecule is [2H]c1c([2H])c([2H])c(-c2c([2H])c([2H])c3c(c2[2H])SB2c4c([2H])c([2H])c([2H])c([2H])c4Oc4c([2H])c(-n5c6c([2H])c([2H])c([2H])c([2H])c6c6c([2H])c([2H])c([2H])c([2H])c65)c([2H])c-3c42)c([2H])c1[2H]. The molecule has 3 heterocycles. The van der Waals surface area contributed by atoms with Crippen LogP contribution in [-0.4, -0.2) is 10.6 Å². The molecular formula is C36H22BNOS. The Kier molecular flexibility index (Phi) is 2.05. The molecule has 0 bridgehead atoms. The normalized spacial score (nSPS) is 20.8. The molecule has 7 aromatic rings. The van der Waals surface area contributed by atoms with Crippen molar-refractivity contribution in [2.75, 3.05) is 0 Å². The fourth-order valence-corrected chi connectivity index (χ4v) is 6.30. The van der Waals surface area contributed by atoms with Gasteiger partial charge in [0.05, 0.1) is 46.9 Å². The van der Waals surface area contributed by atoms with Crippen LogP contribution in [0.1, 0.15) is 30.2 Å². The summed E-state index contributed by atoms with van der Waals surface area (Å²) >= 11 is 0.722. The van der Waals surface area contributed by atoms with Gasteiger partial charge in [0, 0.05) is 21.7 Å². The Morgan fingerprint density at radius 2 is 1.30 bits per heavy atom. The second-order valence-electron chi connectivity index (χ2n) is 8.80. The van der Waals surface area contributed by atoms with Crippen molar-refractivity contribution >= 4 is 50.3 Å². The minimum atomic E-state index is -1.36. The third-order valence-electron chi connectivity index (χ3n) is 6.67. The summed E-state index contributed by atoms with van der Waals surface area (Å²) in [6.07, 6.45) is 0. The molecule has 0 spiro atoms. The molecular weight excluding hydrogens is 505 g/mol. The van der Waals surface area contributed by atoms with Gasteiger partial charge in [0.15, 0.2) is 0 Å². The predicted octanol–water partition coefficient (Wildman–Crippen LogP) is 8.43. The number of nitrogens with zero attached hydrogens (tertiary/aromatic N) is 1. The first kappa shape index (κ1) is 9.76. The smallest absolute Gasteiger partial charge is 0.289 e. The standard InChI is InChI=1S/C36H22BNOS/c1-2-10-23(11-3-1)24-18-19-28-29-21-25(38-31-15-7-4-12-26(31)27-13-5-8-16-32(27)38)22-34-36(29)37(40-35(28)20-24)30-14-6-9-17-33(30)39-34/h1-22H/i1D,2D,3D,4D,5D,6D,7D,8D,9D,10D,11D,12D,13D,14D,15D,16D,17D,18D,19D,20D,21D,22D. The van der Waals surface area contributed by atoms with Crippen LogP contribution in [0.4, 0.5) is 0 Å². The summed E-state index contributed by atoms with van der Waals surface area (Å²) in [5.74, 6) is -2.31. The number of ether oxygens (including phenoxy) is 1. The zero-order valence-corrected chi connectivity index (χ0v) is 20.7. The van der Waals surface area contributed by atoms with Crippen LogP contribution in [0.25, 0.3) is 49.7 Å². The molecule has 2 nitrogen and oxygen atoms in total. The first-order chi connectivity index (χ1) is 29.0. The summed E-state index contributed by atoms with van der Waals surface area (Å²) in [5, 5.41) is -0.771. The van der Waals surface area contributed by atoms with E-state index in [2.05, 4.69) is 0 Å². The van der Waals surface area contributed by atoms with E-state index in [-0.39, 0.29) is 37.7 Å². The fourth-order valence-electron chi connectivity index (χ4n) is 5.00. The van der Waals surface area contributed by atoms with Gasteiger partial charge in [0.2, 0.25) is 0 Å². The summed E-state index contributed by atoms with van der Waals surface area (Å²) in [4.78, 5) is -0.236. The van der Waals surface area contributed by atoms with Crippen molar-refractivity contribution in [3.8, 4) is 39.4 Å². The number of hydrogen-bond acceptors (Lipinski definition) is 2. The third-order valence-corrected chi connectivity index (χ3v) is 7.92. The van der Waals surface area contributed by atoms with Crippen molar-refractivity contribution in [1.82, 2.24) is 4.57 Å². The maximum absolute atomic E-state index is 9.93. The Hall–Kier alpha value is -4.67. The molecule has 2 aliphatic heterocycles. The van der Waals surface area contributed by atoms with Gasteiger partial charge in [0.25, 0.3) is 5.99 Å². The molecule has 1 aromatic heterocycles. The molecule has 0 fully saturated rings. The van der Waals surface area contributed by atoms with Crippen LogP contribution in [0.5, 0.6) is 11.5 Å². The number of benzene rings is 6. The van der Waals surface area contributed by atoms with Crippen molar-refractivity contribution in [2.24, 2.45) is 0 Å².